The van der Waals surface area contributed by atoms with Crippen LogP contribution in [0.25, 0.3) is 33.1 Å². The molecule has 59 heavy (non-hydrogen) atoms. The van der Waals surface area contributed by atoms with Crippen LogP contribution in [0.5, 0.6) is 11.5 Å². The molecule has 9 aromatic carbocycles. The highest BCUT2D eigenvalue weighted by molar-refractivity contribution is 7.27. The van der Waals surface area contributed by atoms with Gasteiger partial charge in [-0.05, 0) is 92.5 Å². The van der Waals surface area contributed by atoms with E-state index < -0.39 is 16.9 Å². The number of rotatable bonds is 5. The van der Waals surface area contributed by atoms with Gasteiger partial charge in [0.1, 0.15) is 31.5 Å². The standard InChI is InChI=1S/C54H37NO2Si2/c1-4-16-37(17-5-1)38-28-31-43-44-32-29-40(35-48(44)57-47(43)34-38)55(39-18-6-2-7-19-39)41-30-33-50-54(36-41)59(51-25-13-10-22-45(51)56-46-23-11-14-26-52(46)59)53-27-15-12-24-49(53)58(50)42-20-8-3-9-21-42/h1-36,58H. The van der Waals surface area contributed by atoms with E-state index in [0.29, 0.717) is 0 Å². The van der Waals surface area contributed by atoms with E-state index in [1.807, 2.05) is 0 Å². The molecule has 0 radical (unpaired) electrons. The molecule has 3 heterocycles. The Morgan fingerprint density at radius 1 is 0.373 bits per heavy atom. The lowest BCUT2D eigenvalue weighted by Gasteiger charge is -2.46. The summed E-state index contributed by atoms with van der Waals surface area (Å²) in [7, 11) is -4.86. The van der Waals surface area contributed by atoms with E-state index in [1.54, 1.807) is 0 Å². The van der Waals surface area contributed by atoms with E-state index in [0.717, 1.165) is 56.1 Å². The summed E-state index contributed by atoms with van der Waals surface area (Å²) >= 11 is 0. The molecular formula is C54H37NO2Si2. The molecule has 0 fully saturated rings. The second-order valence-corrected chi connectivity index (χ2v) is 22.0. The molecule has 0 bridgehead atoms. The zero-order valence-electron chi connectivity index (χ0n) is 32.1. The highest BCUT2D eigenvalue weighted by Gasteiger charge is 2.53. The van der Waals surface area contributed by atoms with Gasteiger partial charge in [0.15, 0.2) is 8.07 Å². The van der Waals surface area contributed by atoms with E-state index in [-0.39, 0.29) is 0 Å². The molecular weight excluding hydrogens is 751 g/mol. The van der Waals surface area contributed by atoms with Crippen molar-refractivity contribution in [1.29, 1.82) is 0 Å². The molecule has 1 spiro atoms. The van der Waals surface area contributed by atoms with Gasteiger partial charge in [-0.1, -0.05) is 167 Å². The lowest BCUT2D eigenvalue weighted by atomic mass is 10.0. The van der Waals surface area contributed by atoms with Crippen LogP contribution in [0.1, 0.15) is 0 Å². The summed E-state index contributed by atoms with van der Waals surface area (Å²) in [5.41, 5.74) is 7.32. The Bertz CT molecular complexity index is 3170. The van der Waals surface area contributed by atoms with Crippen LogP contribution in [-0.4, -0.2) is 16.9 Å². The van der Waals surface area contributed by atoms with E-state index in [4.69, 9.17) is 9.15 Å². The predicted octanol–water partition coefficient (Wildman–Crippen LogP) is 8.77. The molecule has 0 saturated heterocycles. The van der Waals surface area contributed by atoms with Crippen molar-refractivity contribution >= 4 is 92.2 Å². The minimum absolute atomic E-state index is 0.866. The lowest BCUT2D eigenvalue weighted by Crippen LogP contribution is -2.87. The molecule has 0 amide bonds. The molecule has 10 aromatic rings. The SMILES string of the molecule is c1ccc(-c2ccc3c(c2)oc2cc(N(c4ccccc4)c4ccc5c(c4)[Si]4(c6ccccc6Oc6ccccc64)c4ccccc4[SiH]5c4ccccc4)ccc23)cc1. The normalized spacial score (nSPS) is 14.5. The first-order valence-electron chi connectivity index (χ1n) is 20.3. The van der Waals surface area contributed by atoms with Crippen LogP contribution in [0.15, 0.2) is 223 Å². The van der Waals surface area contributed by atoms with Gasteiger partial charge < -0.3 is 14.1 Å². The van der Waals surface area contributed by atoms with Crippen LogP contribution in [0.3, 0.4) is 0 Å². The van der Waals surface area contributed by atoms with E-state index in [9.17, 15) is 0 Å². The first-order chi connectivity index (χ1) is 29.3. The summed E-state index contributed by atoms with van der Waals surface area (Å²) in [6.07, 6.45) is 0. The van der Waals surface area contributed by atoms with Gasteiger partial charge in [-0.3, -0.25) is 0 Å². The quantitative estimate of drug-likeness (QED) is 0.163. The fraction of sp³-hybridized carbons (Fsp3) is 0. The summed E-state index contributed by atoms with van der Waals surface area (Å²) in [6.45, 7) is 0. The Kier molecular flexibility index (Phi) is 7.73. The van der Waals surface area contributed by atoms with Crippen molar-refractivity contribution in [2.45, 2.75) is 0 Å². The highest BCUT2D eigenvalue weighted by Crippen LogP contribution is 2.40. The third-order valence-electron chi connectivity index (χ3n) is 12.5. The Labute approximate surface area is 345 Å². The maximum Gasteiger partial charge on any atom is 0.188 e. The van der Waals surface area contributed by atoms with Crippen LogP contribution in [0.2, 0.25) is 0 Å². The molecule has 5 heteroatoms. The topological polar surface area (TPSA) is 25.6 Å². The summed E-state index contributed by atoms with van der Waals surface area (Å²) < 4.78 is 13.5. The zero-order valence-corrected chi connectivity index (χ0v) is 34.3. The van der Waals surface area contributed by atoms with Gasteiger partial charge in [-0.25, -0.2) is 0 Å². The molecule has 0 saturated carbocycles. The van der Waals surface area contributed by atoms with Gasteiger partial charge in [0, 0.05) is 33.9 Å². The van der Waals surface area contributed by atoms with Gasteiger partial charge in [0.05, 0.1) is 0 Å². The molecule has 1 aromatic heterocycles. The van der Waals surface area contributed by atoms with Gasteiger partial charge >= 0.3 is 0 Å². The van der Waals surface area contributed by atoms with Gasteiger partial charge in [0.2, 0.25) is 0 Å². The fourth-order valence-electron chi connectivity index (χ4n) is 9.98. The Morgan fingerprint density at radius 2 is 0.915 bits per heavy atom. The summed E-state index contributed by atoms with van der Waals surface area (Å²) in [4.78, 5) is 2.40. The van der Waals surface area contributed by atoms with Gasteiger partial charge in [-0.2, -0.15) is 0 Å². The van der Waals surface area contributed by atoms with Crippen molar-refractivity contribution in [3.05, 3.63) is 218 Å². The number of anilines is 3. The number of furan rings is 1. The molecule has 3 nitrogen and oxygen atoms in total. The minimum Gasteiger partial charge on any atom is -0.458 e. The van der Waals surface area contributed by atoms with Crippen molar-refractivity contribution in [2.24, 2.45) is 0 Å². The van der Waals surface area contributed by atoms with E-state index in [1.165, 1.54) is 41.9 Å². The van der Waals surface area contributed by atoms with Gasteiger partial charge in [-0.15, -0.1) is 0 Å². The first-order valence-corrected chi connectivity index (χ1v) is 24.0. The third-order valence-corrected chi connectivity index (χ3v) is 21.3. The van der Waals surface area contributed by atoms with Crippen molar-refractivity contribution in [3.63, 3.8) is 0 Å². The zero-order chi connectivity index (χ0) is 38.9. The van der Waals surface area contributed by atoms with Crippen LogP contribution in [-0.2, 0) is 0 Å². The second kappa shape index (κ2) is 13.5. The average molecular weight is 788 g/mol. The first kappa shape index (κ1) is 33.9. The Balaban J connectivity index is 1.12. The van der Waals surface area contributed by atoms with E-state index >= 15 is 0 Å². The van der Waals surface area contributed by atoms with Crippen LogP contribution < -0.4 is 45.9 Å². The Hall–Kier alpha value is -7.19. The monoisotopic (exact) mass is 787 g/mol. The lowest BCUT2D eigenvalue weighted by molar-refractivity contribution is 0.487. The molecule has 12 rings (SSSR count). The van der Waals surface area contributed by atoms with Crippen molar-refractivity contribution < 1.29 is 9.15 Å². The van der Waals surface area contributed by atoms with Gasteiger partial charge in [0.25, 0.3) is 0 Å². The second-order valence-electron chi connectivity index (χ2n) is 15.6. The summed E-state index contributed by atoms with van der Waals surface area (Å²) in [5, 5.41) is 12.1. The molecule has 1 unspecified atom stereocenters. The molecule has 0 aliphatic carbocycles. The number of ether oxygens (including phenoxy) is 1. The molecule has 2 aliphatic rings. The molecule has 0 N–H and O–H groups in total. The number of hydrogen-bond acceptors (Lipinski definition) is 3. The number of benzene rings is 9. The maximum absolute atomic E-state index is 6.79. The maximum atomic E-state index is 6.79. The highest BCUT2D eigenvalue weighted by atomic mass is 28.3. The largest absolute Gasteiger partial charge is 0.458 e. The van der Waals surface area contributed by atoms with Crippen LogP contribution >= 0.6 is 0 Å². The fourth-order valence-corrected chi connectivity index (χ4v) is 20.4. The van der Waals surface area contributed by atoms with Crippen molar-refractivity contribution in [2.75, 3.05) is 4.90 Å². The smallest absolute Gasteiger partial charge is 0.188 e. The third kappa shape index (κ3) is 5.18. The molecule has 2 aliphatic heterocycles. The van der Waals surface area contributed by atoms with Crippen LogP contribution in [0.4, 0.5) is 17.1 Å². The number of fused-ring (bicyclic) bond motifs is 11. The van der Waals surface area contributed by atoms with E-state index in [2.05, 4.69) is 223 Å². The summed E-state index contributed by atoms with van der Waals surface area (Å²) in [5.74, 6) is 1.91. The molecule has 278 valence electrons. The minimum atomic E-state index is -2.94. The molecule has 1 atom stereocenters. The number of para-hydroxylation sites is 3. The Morgan fingerprint density at radius 3 is 1.64 bits per heavy atom. The van der Waals surface area contributed by atoms with Crippen molar-refractivity contribution in [3.8, 4) is 22.6 Å². The number of hydrogen-bond donors (Lipinski definition) is 0. The van der Waals surface area contributed by atoms with Crippen molar-refractivity contribution in [1.82, 2.24) is 0 Å². The number of nitrogens with zero attached hydrogens (tertiary/aromatic N) is 1. The average Bonchev–Trinajstić information content (AvgIpc) is 3.67. The summed E-state index contributed by atoms with van der Waals surface area (Å²) in [6, 6.07) is 80.1. The predicted molar refractivity (Wildman–Crippen MR) is 250 cm³/mol. The van der Waals surface area contributed by atoms with Crippen LogP contribution in [0, 0.1) is 0 Å².